The molecule has 0 spiro atoms. The zero-order chi connectivity index (χ0) is 14.4. The van der Waals surface area contributed by atoms with Crippen molar-refractivity contribution in [1.82, 2.24) is 15.3 Å². The molecule has 2 rings (SSSR count). The van der Waals surface area contributed by atoms with Crippen molar-refractivity contribution in [3.8, 4) is 5.75 Å². The number of phenolic OH excluding ortho intramolecular Hbond substituents is 1. The van der Waals surface area contributed by atoms with Crippen molar-refractivity contribution >= 4 is 30.0 Å². The van der Waals surface area contributed by atoms with E-state index in [0.717, 1.165) is 35.0 Å². The molecule has 0 aliphatic carbocycles. The normalized spacial score (nSPS) is 9.95. The summed E-state index contributed by atoms with van der Waals surface area (Å²) in [6.07, 6.45) is 1.71. The maximum atomic E-state index is 9.19. The molecule has 1 aromatic carbocycles. The highest BCUT2D eigenvalue weighted by Gasteiger charge is 2.02. The van der Waals surface area contributed by atoms with E-state index in [4.69, 9.17) is 5.41 Å². The van der Waals surface area contributed by atoms with Gasteiger partial charge in [-0.1, -0.05) is 0 Å². The van der Waals surface area contributed by atoms with E-state index in [1.165, 1.54) is 0 Å². The number of aromatic hydroxyl groups is 1. The van der Waals surface area contributed by atoms with Gasteiger partial charge in [0, 0.05) is 29.3 Å². The highest BCUT2D eigenvalue weighted by molar-refractivity contribution is 7.98. The molecule has 1 heterocycles. The average Bonchev–Trinajstić information content (AvgIpc) is 2.84. The highest BCUT2D eigenvalue weighted by Crippen LogP contribution is 2.12. The van der Waals surface area contributed by atoms with Gasteiger partial charge in [0.2, 0.25) is 0 Å². The number of hydrogen-bond donors (Lipinski definition) is 4. The van der Waals surface area contributed by atoms with Gasteiger partial charge in [-0.05, 0) is 31.2 Å². The Morgan fingerprint density at radius 2 is 2.10 bits per heavy atom. The zero-order valence-corrected chi connectivity index (χ0v) is 13.4. The maximum absolute atomic E-state index is 9.19. The number of halogens is 1. The maximum Gasteiger partial charge on any atom is 0.125 e. The molecule has 0 aliphatic rings. The summed E-state index contributed by atoms with van der Waals surface area (Å²) in [5.74, 6) is 2.38. The minimum Gasteiger partial charge on any atom is -0.508 e. The lowest BCUT2D eigenvalue weighted by Gasteiger charge is -2.07. The Morgan fingerprint density at radius 1 is 1.38 bits per heavy atom. The Labute approximate surface area is 134 Å². The number of hydrogen-bond acceptors (Lipinski definition) is 4. The molecule has 2 aromatic rings. The minimum absolute atomic E-state index is 0. The first-order valence-corrected chi connectivity index (χ1v) is 7.50. The van der Waals surface area contributed by atoms with Crippen molar-refractivity contribution < 1.29 is 5.11 Å². The van der Waals surface area contributed by atoms with Crippen molar-refractivity contribution in [1.29, 1.82) is 5.41 Å². The Kier molecular flexibility index (Phi) is 7.11. The summed E-state index contributed by atoms with van der Waals surface area (Å²) in [5, 5.41) is 20.2. The average molecular weight is 327 g/mol. The number of nitrogens with zero attached hydrogens (tertiary/aromatic N) is 1. The largest absolute Gasteiger partial charge is 0.508 e. The Morgan fingerprint density at radius 3 is 2.71 bits per heavy atom. The van der Waals surface area contributed by atoms with E-state index in [9.17, 15) is 5.11 Å². The van der Waals surface area contributed by atoms with Gasteiger partial charge < -0.3 is 15.4 Å². The van der Waals surface area contributed by atoms with Gasteiger partial charge in [0.05, 0.1) is 12.0 Å². The van der Waals surface area contributed by atoms with Crippen molar-refractivity contribution in [3.63, 3.8) is 0 Å². The zero-order valence-electron chi connectivity index (χ0n) is 11.7. The number of imidazole rings is 1. The molecule has 0 bridgehead atoms. The lowest BCUT2D eigenvalue weighted by atomic mass is 10.2. The summed E-state index contributed by atoms with van der Waals surface area (Å²) < 4.78 is 0. The Hall–Kier alpha value is -1.66. The molecule has 0 saturated carbocycles. The molecule has 0 unspecified atom stereocenters. The van der Waals surface area contributed by atoms with Crippen molar-refractivity contribution in [2.75, 3.05) is 12.3 Å². The molecule has 0 amide bonds. The fourth-order valence-electron chi connectivity index (χ4n) is 1.68. The third-order valence-electron chi connectivity index (χ3n) is 2.88. The van der Waals surface area contributed by atoms with E-state index in [-0.39, 0.29) is 18.2 Å². The summed E-state index contributed by atoms with van der Waals surface area (Å²) in [7, 11) is 0. The SMILES string of the molecule is Cc1[nH]cnc1CSCCNC(=N)c1ccc(O)cc1.Cl. The number of benzene rings is 1. The molecular weight excluding hydrogens is 308 g/mol. The number of aromatic nitrogens is 2. The number of aromatic amines is 1. The number of phenols is 1. The second kappa shape index (κ2) is 8.59. The van der Waals surface area contributed by atoms with E-state index < -0.39 is 0 Å². The number of thioether (sulfide) groups is 1. The van der Waals surface area contributed by atoms with Crippen LogP contribution in [0.5, 0.6) is 5.75 Å². The molecule has 0 radical (unpaired) electrons. The molecule has 4 N–H and O–H groups in total. The molecule has 1 aromatic heterocycles. The molecular formula is C14H19ClN4OS. The molecule has 21 heavy (non-hydrogen) atoms. The quantitative estimate of drug-likeness (QED) is 0.373. The third-order valence-corrected chi connectivity index (χ3v) is 3.85. The van der Waals surface area contributed by atoms with E-state index in [1.807, 2.05) is 6.92 Å². The van der Waals surface area contributed by atoms with Crippen LogP contribution in [-0.2, 0) is 5.75 Å². The predicted octanol–water partition coefficient (Wildman–Crippen LogP) is 2.69. The number of aryl methyl sites for hydroxylation is 1. The number of rotatable bonds is 6. The number of nitrogens with one attached hydrogen (secondary N) is 3. The van der Waals surface area contributed by atoms with Crippen molar-refractivity contribution in [3.05, 3.63) is 47.5 Å². The van der Waals surface area contributed by atoms with Gasteiger partial charge in [0.25, 0.3) is 0 Å². The summed E-state index contributed by atoms with van der Waals surface area (Å²) in [6, 6.07) is 6.62. The lowest BCUT2D eigenvalue weighted by Crippen LogP contribution is -2.25. The van der Waals surface area contributed by atoms with Crippen molar-refractivity contribution in [2.24, 2.45) is 0 Å². The fraction of sp³-hybridized carbons (Fsp3) is 0.286. The van der Waals surface area contributed by atoms with E-state index >= 15 is 0 Å². The molecule has 0 atom stereocenters. The molecule has 0 aliphatic heterocycles. The van der Waals surface area contributed by atoms with Gasteiger partial charge in [-0.2, -0.15) is 11.8 Å². The lowest BCUT2D eigenvalue weighted by molar-refractivity contribution is 0.475. The number of amidine groups is 1. The fourth-order valence-corrected chi connectivity index (χ4v) is 2.55. The predicted molar refractivity (Wildman–Crippen MR) is 89.7 cm³/mol. The Balaban J connectivity index is 0.00000220. The van der Waals surface area contributed by atoms with Crippen molar-refractivity contribution in [2.45, 2.75) is 12.7 Å². The van der Waals surface area contributed by atoms with E-state index in [2.05, 4.69) is 15.3 Å². The van der Waals surface area contributed by atoms with Crippen LogP contribution in [0.15, 0.2) is 30.6 Å². The van der Waals surface area contributed by atoms with Gasteiger partial charge in [-0.3, -0.25) is 5.41 Å². The van der Waals surface area contributed by atoms with E-state index in [0.29, 0.717) is 5.84 Å². The smallest absolute Gasteiger partial charge is 0.125 e. The van der Waals surface area contributed by atoms with Crippen LogP contribution in [-0.4, -0.2) is 33.2 Å². The topological polar surface area (TPSA) is 84.8 Å². The van der Waals surface area contributed by atoms with Crippen LogP contribution in [0.2, 0.25) is 0 Å². The van der Waals surface area contributed by atoms with Gasteiger partial charge in [-0.25, -0.2) is 4.98 Å². The van der Waals surface area contributed by atoms with Crippen LogP contribution in [0.1, 0.15) is 17.0 Å². The third kappa shape index (κ3) is 5.32. The van der Waals surface area contributed by atoms with Gasteiger partial charge in [-0.15, -0.1) is 12.4 Å². The summed E-state index contributed by atoms with van der Waals surface area (Å²) >= 11 is 1.78. The first-order chi connectivity index (χ1) is 9.66. The first kappa shape index (κ1) is 17.4. The van der Waals surface area contributed by atoms with Crippen LogP contribution in [0, 0.1) is 12.3 Å². The summed E-state index contributed by atoms with van der Waals surface area (Å²) in [4.78, 5) is 7.30. The summed E-state index contributed by atoms with van der Waals surface area (Å²) in [6.45, 7) is 2.75. The second-order valence-corrected chi connectivity index (χ2v) is 5.48. The monoisotopic (exact) mass is 326 g/mol. The minimum atomic E-state index is 0. The molecule has 5 nitrogen and oxygen atoms in total. The second-order valence-electron chi connectivity index (χ2n) is 4.38. The van der Waals surface area contributed by atoms with Gasteiger partial charge in [0.1, 0.15) is 11.6 Å². The molecule has 7 heteroatoms. The number of H-pyrrole nitrogens is 1. The van der Waals surface area contributed by atoms with Crippen LogP contribution < -0.4 is 5.32 Å². The van der Waals surface area contributed by atoms with Crippen LogP contribution >= 0.6 is 24.2 Å². The van der Waals surface area contributed by atoms with E-state index in [1.54, 1.807) is 42.4 Å². The van der Waals surface area contributed by atoms with Gasteiger partial charge >= 0.3 is 0 Å². The molecule has 0 fully saturated rings. The summed E-state index contributed by atoms with van der Waals surface area (Å²) in [5.41, 5.74) is 2.97. The Bertz CT molecular complexity index is 571. The standard InChI is InChI=1S/C14H18N4OS.ClH/c1-10-13(18-9-17-10)8-20-7-6-16-14(15)11-2-4-12(19)5-3-11;/h2-5,9,19H,6-8H2,1H3,(H2,15,16)(H,17,18);1H. The van der Waals surface area contributed by atoms with Crippen LogP contribution in [0.25, 0.3) is 0 Å². The molecule has 0 saturated heterocycles. The molecule has 114 valence electrons. The highest BCUT2D eigenvalue weighted by atomic mass is 35.5. The first-order valence-electron chi connectivity index (χ1n) is 6.35. The van der Waals surface area contributed by atoms with Gasteiger partial charge in [0.15, 0.2) is 0 Å². The van der Waals surface area contributed by atoms with Crippen LogP contribution in [0.3, 0.4) is 0 Å². The van der Waals surface area contributed by atoms with Crippen LogP contribution in [0.4, 0.5) is 0 Å².